The highest BCUT2D eigenvalue weighted by atomic mass is 35.5. The van der Waals surface area contributed by atoms with Gasteiger partial charge in [-0.05, 0) is 20.8 Å². The summed E-state index contributed by atoms with van der Waals surface area (Å²) in [5.41, 5.74) is -0.0503. The maximum Gasteiger partial charge on any atom is 0.159 e. The van der Waals surface area contributed by atoms with Crippen molar-refractivity contribution in [3.8, 4) is 0 Å². The van der Waals surface area contributed by atoms with Crippen molar-refractivity contribution < 1.29 is 0 Å². The van der Waals surface area contributed by atoms with Gasteiger partial charge in [0.15, 0.2) is 11.0 Å². The van der Waals surface area contributed by atoms with Crippen LogP contribution in [-0.2, 0) is 0 Å². The molecule has 1 aromatic heterocycles. The molecule has 16 heavy (non-hydrogen) atoms. The van der Waals surface area contributed by atoms with E-state index < -0.39 is 0 Å². The van der Waals surface area contributed by atoms with E-state index in [9.17, 15) is 0 Å². The molecule has 3 nitrogen and oxygen atoms in total. The molecular weight excluding hydrogens is 222 g/mol. The van der Waals surface area contributed by atoms with Gasteiger partial charge in [-0.15, -0.1) is 10.2 Å². The van der Waals surface area contributed by atoms with Crippen LogP contribution in [0.1, 0.15) is 20.8 Å². The van der Waals surface area contributed by atoms with Gasteiger partial charge in [-0.1, -0.05) is 35.9 Å². The number of nitrogens with one attached hydrogen (secondary N) is 1. The van der Waals surface area contributed by atoms with Crippen LogP contribution in [0.5, 0.6) is 0 Å². The zero-order valence-electron chi connectivity index (χ0n) is 9.58. The summed E-state index contributed by atoms with van der Waals surface area (Å²) in [5.74, 6) is 0.771. The molecule has 0 unspecified atom stereocenters. The molecule has 0 aliphatic carbocycles. The largest absolute Gasteiger partial charge is 0.363 e. The van der Waals surface area contributed by atoms with Crippen LogP contribution in [0.2, 0.25) is 5.15 Å². The van der Waals surface area contributed by atoms with Crippen LogP contribution in [0.15, 0.2) is 24.3 Å². The fourth-order valence-electron chi connectivity index (χ4n) is 1.52. The van der Waals surface area contributed by atoms with Crippen LogP contribution in [0.25, 0.3) is 10.8 Å². The Balaban J connectivity index is 2.59. The zero-order valence-corrected chi connectivity index (χ0v) is 10.3. The molecule has 0 radical (unpaired) electrons. The van der Waals surface area contributed by atoms with Crippen LogP contribution in [0.4, 0.5) is 5.82 Å². The van der Waals surface area contributed by atoms with Crippen molar-refractivity contribution in [2.75, 3.05) is 5.32 Å². The van der Waals surface area contributed by atoms with Crippen LogP contribution >= 0.6 is 11.6 Å². The maximum atomic E-state index is 6.00. The minimum Gasteiger partial charge on any atom is -0.363 e. The first-order valence-electron chi connectivity index (χ1n) is 5.16. The molecule has 0 aliphatic rings. The first-order chi connectivity index (χ1) is 7.47. The molecule has 1 N–H and O–H groups in total. The van der Waals surface area contributed by atoms with E-state index in [2.05, 4.69) is 36.3 Å². The third-order valence-corrected chi connectivity index (χ3v) is 2.41. The lowest BCUT2D eigenvalue weighted by molar-refractivity contribution is 0.629. The van der Waals surface area contributed by atoms with E-state index in [4.69, 9.17) is 11.6 Å². The fourth-order valence-corrected chi connectivity index (χ4v) is 1.72. The van der Waals surface area contributed by atoms with E-state index in [-0.39, 0.29) is 5.54 Å². The summed E-state index contributed by atoms with van der Waals surface area (Å²) in [5, 5.41) is 13.7. The number of nitrogens with zero attached hydrogens (tertiary/aromatic N) is 2. The Morgan fingerprint density at radius 3 is 2.31 bits per heavy atom. The van der Waals surface area contributed by atoms with Crippen LogP contribution in [0.3, 0.4) is 0 Å². The SMILES string of the molecule is CC(C)(C)Nc1nnc(Cl)c2ccccc12. The van der Waals surface area contributed by atoms with E-state index in [1.54, 1.807) is 0 Å². The summed E-state index contributed by atoms with van der Waals surface area (Å²) in [6, 6.07) is 7.84. The third-order valence-electron chi connectivity index (χ3n) is 2.14. The summed E-state index contributed by atoms with van der Waals surface area (Å²) >= 11 is 6.00. The molecule has 2 rings (SSSR count). The Morgan fingerprint density at radius 2 is 1.69 bits per heavy atom. The Labute approximate surface area is 99.8 Å². The molecule has 1 aromatic carbocycles. The number of hydrogen-bond donors (Lipinski definition) is 1. The Hall–Kier alpha value is -1.35. The van der Waals surface area contributed by atoms with Gasteiger partial charge < -0.3 is 5.32 Å². The van der Waals surface area contributed by atoms with Crippen molar-refractivity contribution in [1.29, 1.82) is 0 Å². The summed E-state index contributed by atoms with van der Waals surface area (Å²) < 4.78 is 0. The molecular formula is C12H14ClN3. The molecule has 4 heteroatoms. The smallest absolute Gasteiger partial charge is 0.159 e. The Bertz CT molecular complexity index is 517. The topological polar surface area (TPSA) is 37.8 Å². The third kappa shape index (κ3) is 2.25. The molecule has 84 valence electrons. The average Bonchev–Trinajstić information content (AvgIpc) is 2.21. The highest BCUT2D eigenvalue weighted by molar-refractivity contribution is 6.34. The molecule has 0 aliphatic heterocycles. The van der Waals surface area contributed by atoms with Crippen molar-refractivity contribution in [3.63, 3.8) is 0 Å². The van der Waals surface area contributed by atoms with E-state index in [0.717, 1.165) is 16.6 Å². The fraction of sp³-hybridized carbons (Fsp3) is 0.333. The number of aromatic nitrogens is 2. The minimum atomic E-state index is -0.0503. The molecule has 0 amide bonds. The van der Waals surface area contributed by atoms with Gasteiger partial charge in [0.1, 0.15) is 0 Å². The van der Waals surface area contributed by atoms with Gasteiger partial charge in [0.25, 0.3) is 0 Å². The number of fused-ring (bicyclic) bond motifs is 1. The molecule has 1 heterocycles. The summed E-state index contributed by atoms with van der Waals surface area (Å²) in [6.45, 7) is 6.24. The molecule has 0 fully saturated rings. The van der Waals surface area contributed by atoms with Gasteiger partial charge in [-0.3, -0.25) is 0 Å². The lowest BCUT2D eigenvalue weighted by atomic mass is 10.1. The molecule has 0 atom stereocenters. The second-order valence-corrected chi connectivity index (χ2v) is 5.12. The number of rotatable bonds is 1. The zero-order chi connectivity index (χ0) is 11.8. The molecule has 0 spiro atoms. The van der Waals surface area contributed by atoms with Crippen molar-refractivity contribution in [1.82, 2.24) is 10.2 Å². The monoisotopic (exact) mass is 235 g/mol. The second-order valence-electron chi connectivity index (χ2n) is 4.76. The first-order valence-corrected chi connectivity index (χ1v) is 5.54. The number of hydrogen-bond acceptors (Lipinski definition) is 3. The number of halogens is 1. The average molecular weight is 236 g/mol. The summed E-state index contributed by atoms with van der Waals surface area (Å²) in [7, 11) is 0. The van der Waals surface area contributed by atoms with Crippen molar-refractivity contribution in [2.24, 2.45) is 0 Å². The van der Waals surface area contributed by atoms with Gasteiger partial charge in [-0.2, -0.15) is 0 Å². The van der Waals surface area contributed by atoms with Crippen molar-refractivity contribution >= 4 is 28.2 Å². The normalized spacial score (nSPS) is 11.8. The van der Waals surface area contributed by atoms with Gasteiger partial charge >= 0.3 is 0 Å². The maximum absolute atomic E-state index is 6.00. The highest BCUT2D eigenvalue weighted by Crippen LogP contribution is 2.27. The van der Waals surface area contributed by atoms with E-state index in [1.165, 1.54) is 0 Å². The second kappa shape index (κ2) is 3.91. The number of anilines is 1. The van der Waals surface area contributed by atoms with Gasteiger partial charge in [0.2, 0.25) is 0 Å². The summed E-state index contributed by atoms with van der Waals surface area (Å²) in [6.07, 6.45) is 0. The van der Waals surface area contributed by atoms with Gasteiger partial charge in [0.05, 0.1) is 0 Å². The lowest BCUT2D eigenvalue weighted by Gasteiger charge is -2.21. The Kier molecular flexibility index (Phi) is 2.72. The lowest BCUT2D eigenvalue weighted by Crippen LogP contribution is -2.27. The standard InChI is InChI=1S/C12H14ClN3/c1-12(2,3)14-11-9-7-5-4-6-8(9)10(13)15-16-11/h4-7H,1-3H3,(H,14,16). The van der Waals surface area contributed by atoms with E-state index in [1.807, 2.05) is 24.3 Å². The molecule has 2 aromatic rings. The Morgan fingerprint density at radius 1 is 1.06 bits per heavy atom. The van der Waals surface area contributed by atoms with Gasteiger partial charge in [0, 0.05) is 16.3 Å². The van der Waals surface area contributed by atoms with Crippen LogP contribution in [0, 0.1) is 0 Å². The van der Waals surface area contributed by atoms with Crippen molar-refractivity contribution in [2.45, 2.75) is 26.3 Å². The van der Waals surface area contributed by atoms with E-state index in [0.29, 0.717) is 5.15 Å². The number of benzene rings is 1. The molecule has 0 saturated carbocycles. The quantitative estimate of drug-likeness (QED) is 0.822. The van der Waals surface area contributed by atoms with Gasteiger partial charge in [-0.25, -0.2) is 0 Å². The first kappa shape index (κ1) is 11.1. The minimum absolute atomic E-state index is 0.0503. The van der Waals surface area contributed by atoms with E-state index >= 15 is 0 Å². The van der Waals surface area contributed by atoms with Crippen molar-refractivity contribution in [3.05, 3.63) is 29.4 Å². The summed E-state index contributed by atoms with van der Waals surface area (Å²) in [4.78, 5) is 0. The predicted octanol–water partition coefficient (Wildman–Crippen LogP) is 3.49. The predicted molar refractivity (Wildman–Crippen MR) is 67.9 cm³/mol. The molecule has 0 bridgehead atoms. The molecule has 0 saturated heterocycles. The van der Waals surface area contributed by atoms with Crippen LogP contribution < -0.4 is 5.32 Å². The van der Waals surface area contributed by atoms with Crippen LogP contribution in [-0.4, -0.2) is 15.7 Å². The highest BCUT2D eigenvalue weighted by Gasteiger charge is 2.14.